The van der Waals surface area contributed by atoms with Crippen molar-refractivity contribution in [2.45, 2.75) is 32.1 Å². The molecule has 1 aliphatic rings. The van der Waals surface area contributed by atoms with Crippen LogP contribution in [-0.4, -0.2) is 40.5 Å². The molecule has 2 N–H and O–H groups in total. The summed E-state index contributed by atoms with van der Waals surface area (Å²) >= 11 is 0. The number of nitrogens with zero attached hydrogens (tertiary/aromatic N) is 2. The molecule has 5 nitrogen and oxygen atoms in total. The molecule has 0 atom stereocenters. The van der Waals surface area contributed by atoms with Gasteiger partial charge in [0.25, 0.3) is 0 Å². The van der Waals surface area contributed by atoms with E-state index in [0.717, 1.165) is 55.8 Å². The lowest BCUT2D eigenvalue weighted by atomic mass is 9.96. The molecule has 1 aromatic heterocycles. The van der Waals surface area contributed by atoms with E-state index in [0.29, 0.717) is 5.92 Å². The number of rotatable bonds is 3. The van der Waals surface area contributed by atoms with Gasteiger partial charge in [-0.05, 0) is 31.4 Å². The molecule has 0 saturated carbocycles. The van der Waals surface area contributed by atoms with Crippen LogP contribution in [0.15, 0.2) is 24.3 Å². The van der Waals surface area contributed by atoms with Crippen LogP contribution in [0.5, 0.6) is 0 Å². The number of urea groups is 1. The monoisotopic (exact) mass is 286 g/mol. The van der Waals surface area contributed by atoms with Crippen LogP contribution < -0.4 is 5.32 Å². The number of piperidine rings is 1. The largest absolute Gasteiger partial charge is 0.342 e. The van der Waals surface area contributed by atoms with Crippen molar-refractivity contribution >= 4 is 17.1 Å². The number of carbonyl (C=O) groups is 1. The van der Waals surface area contributed by atoms with Crippen molar-refractivity contribution < 1.29 is 4.79 Å². The van der Waals surface area contributed by atoms with Gasteiger partial charge in [-0.2, -0.15) is 0 Å². The molecule has 1 aliphatic heterocycles. The molecule has 2 aromatic rings. The van der Waals surface area contributed by atoms with Crippen LogP contribution >= 0.6 is 0 Å². The number of imidazole rings is 1. The van der Waals surface area contributed by atoms with Crippen LogP contribution in [-0.2, 0) is 0 Å². The predicted octanol–water partition coefficient (Wildman–Crippen LogP) is 2.86. The summed E-state index contributed by atoms with van der Waals surface area (Å²) < 4.78 is 0. The zero-order valence-corrected chi connectivity index (χ0v) is 12.4. The van der Waals surface area contributed by atoms with E-state index < -0.39 is 0 Å². The molecule has 1 fully saturated rings. The number of hydrogen-bond donors (Lipinski definition) is 2. The molecule has 1 saturated heterocycles. The number of nitrogens with one attached hydrogen (secondary N) is 2. The summed E-state index contributed by atoms with van der Waals surface area (Å²) in [6.07, 6.45) is 2.92. The topological polar surface area (TPSA) is 61.0 Å². The minimum Gasteiger partial charge on any atom is -0.342 e. The average molecular weight is 286 g/mol. The van der Waals surface area contributed by atoms with E-state index in [1.807, 2.05) is 23.1 Å². The number of hydrogen-bond acceptors (Lipinski definition) is 2. The van der Waals surface area contributed by atoms with Crippen molar-refractivity contribution in [3.8, 4) is 0 Å². The van der Waals surface area contributed by atoms with Gasteiger partial charge < -0.3 is 15.2 Å². The third-order valence-corrected chi connectivity index (χ3v) is 4.10. The summed E-state index contributed by atoms with van der Waals surface area (Å²) in [7, 11) is 0. The van der Waals surface area contributed by atoms with Crippen LogP contribution in [0.1, 0.15) is 37.9 Å². The van der Waals surface area contributed by atoms with Gasteiger partial charge in [0.2, 0.25) is 0 Å². The lowest BCUT2D eigenvalue weighted by Crippen LogP contribution is -2.44. The molecule has 112 valence electrons. The molecular weight excluding hydrogens is 264 g/mol. The summed E-state index contributed by atoms with van der Waals surface area (Å²) in [5, 5.41) is 2.94. The van der Waals surface area contributed by atoms with Gasteiger partial charge in [-0.25, -0.2) is 9.78 Å². The Kier molecular flexibility index (Phi) is 4.08. The maximum Gasteiger partial charge on any atom is 0.317 e. The number of aromatic amines is 1. The van der Waals surface area contributed by atoms with E-state index >= 15 is 0 Å². The van der Waals surface area contributed by atoms with Crippen molar-refractivity contribution in [2.24, 2.45) is 0 Å². The molecule has 0 spiro atoms. The van der Waals surface area contributed by atoms with Crippen molar-refractivity contribution in [1.82, 2.24) is 20.2 Å². The molecule has 21 heavy (non-hydrogen) atoms. The summed E-state index contributed by atoms with van der Waals surface area (Å²) in [6, 6.07) is 8.18. The predicted molar refractivity (Wildman–Crippen MR) is 83.3 cm³/mol. The van der Waals surface area contributed by atoms with Crippen LogP contribution in [0.2, 0.25) is 0 Å². The fraction of sp³-hybridized carbons (Fsp3) is 0.500. The van der Waals surface area contributed by atoms with Crippen molar-refractivity contribution in [2.75, 3.05) is 19.6 Å². The number of aromatic nitrogens is 2. The highest BCUT2D eigenvalue weighted by molar-refractivity contribution is 5.75. The Bertz CT molecular complexity index is 581. The van der Waals surface area contributed by atoms with Gasteiger partial charge in [-0.15, -0.1) is 0 Å². The lowest BCUT2D eigenvalue weighted by molar-refractivity contribution is 0.180. The van der Waals surface area contributed by atoms with Gasteiger partial charge >= 0.3 is 6.03 Å². The first-order chi connectivity index (χ1) is 10.3. The van der Waals surface area contributed by atoms with Gasteiger partial charge in [-0.3, -0.25) is 0 Å². The molecule has 0 radical (unpaired) electrons. The lowest BCUT2D eigenvalue weighted by Gasteiger charge is -2.31. The SMILES string of the molecule is CCCNC(=O)N1CCC(c2nc3ccccc3[nH]2)CC1. The van der Waals surface area contributed by atoms with Crippen molar-refractivity contribution in [1.29, 1.82) is 0 Å². The molecular formula is C16H22N4O. The minimum absolute atomic E-state index is 0.0694. The molecule has 5 heteroatoms. The van der Waals surface area contributed by atoms with Gasteiger partial charge in [0.05, 0.1) is 11.0 Å². The standard InChI is InChI=1S/C16H22N4O/c1-2-9-17-16(21)20-10-7-12(8-11-20)15-18-13-5-3-4-6-14(13)19-15/h3-6,12H,2,7-11H2,1H3,(H,17,21)(H,18,19). The number of benzene rings is 1. The third-order valence-electron chi connectivity index (χ3n) is 4.10. The third kappa shape index (κ3) is 3.01. The first-order valence-electron chi connectivity index (χ1n) is 7.75. The number of para-hydroxylation sites is 2. The Morgan fingerprint density at radius 2 is 2.14 bits per heavy atom. The maximum atomic E-state index is 11.9. The van der Waals surface area contributed by atoms with E-state index in [1.165, 1.54) is 0 Å². The Hall–Kier alpha value is -2.04. The van der Waals surface area contributed by atoms with E-state index in [9.17, 15) is 4.79 Å². The second kappa shape index (κ2) is 6.16. The summed E-state index contributed by atoms with van der Waals surface area (Å²) in [6.45, 7) is 4.42. The van der Waals surface area contributed by atoms with Gasteiger partial charge in [-0.1, -0.05) is 19.1 Å². The van der Waals surface area contributed by atoms with Gasteiger partial charge in [0.15, 0.2) is 0 Å². The van der Waals surface area contributed by atoms with Crippen molar-refractivity contribution in [3.05, 3.63) is 30.1 Å². The first-order valence-corrected chi connectivity index (χ1v) is 7.75. The average Bonchev–Trinajstić information content (AvgIpc) is 2.96. The Balaban J connectivity index is 1.61. The van der Waals surface area contributed by atoms with Gasteiger partial charge in [0, 0.05) is 25.6 Å². The Morgan fingerprint density at radius 3 is 2.86 bits per heavy atom. The van der Waals surface area contributed by atoms with Crippen molar-refractivity contribution in [3.63, 3.8) is 0 Å². The summed E-state index contributed by atoms with van der Waals surface area (Å²) in [5.74, 6) is 1.48. The molecule has 3 rings (SSSR count). The Labute approximate surface area is 124 Å². The minimum atomic E-state index is 0.0694. The van der Waals surface area contributed by atoms with E-state index in [1.54, 1.807) is 0 Å². The van der Waals surface area contributed by atoms with Gasteiger partial charge in [0.1, 0.15) is 5.82 Å². The van der Waals surface area contributed by atoms with Crippen LogP contribution in [0.4, 0.5) is 4.79 Å². The second-order valence-electron chi connectivity index (χ2n) is 5.63. The van der Waals surface area contributed by atoms with Crippen LogP contribution in [0.25, 0.3) is 11.0 Å². The molecule has 2 heterocycles. The number of H-pyrrole nitrogens is 1. The summed E-state index contributed by atoms with van der Waals surface area (Å²) in [5.41, 5.74) is 2.12. The molecule has 1 aromatic carbocycles. The number of likely N-dealkylation sites (tertiary alicyclic amines) is 1. The normalized spacial score (nSPS) is 16.3. The molecule has 0 unspecified atom stereocenters. The fourth-order valence-corrected chi connectivity index (χ4v) is 2.87. The highest BCUT2D eigenvalue weighted by Gasteiger charge is 2.25. The smallest absolute Gasteiger partial charge is 0.317 e. The maximum absolute atomic E-state index is 11.9. The zero-order chi connectivity index (χ0) is 14.7. The highest BCUT2D eigenvalue weighted by atomic mass is 16.2. The number of carbonyl (C=O) groups excluding carboxylic acids is 1. The second-order valence-corrected chi connectivity index (χ2v) is 5.63. The number of amides is 2. The quantitative estimate of drug-likeness (QED) is 0.911. The van der Waals surface area contributed by atoms with E-state index in [-0.39, 0.29) is 6.03 Å². The van der Waals surface area contributed by atoms with Crippen LogP contribution in [0, 0.1) is 0 Å². The van der Waals surface area contributed by atoms with E-state index in [4.69, 9.17) is 0 Å². The Morgan fingerprint density at radius 1 is 1.38 bits per heavy atom. The molecule has 0 aliphatic carbocycles. The molecule has 2 amide bonds. The zero-order valence-electron chi connectivity index (χ0n) is 12.4. The van der Waals surface area contributed by atoms with E-state index in [2.05, 4.69) is 28.3 Å². The highest BCUT2D eigenvalue weighted by Crippen LogP contribution is 2.27. The number of fused-ring (bicyclic) bond motifs is 1. The summed E-state index contributed by atoms with van der Waals surface area (Å²) in [4.78, 5) is 21.9. The first kappa shape index (κ1) is 13.9. The fourth-order valence-electron chi connectivity index (χ4n) is 2.87. The van der Waals surface area contributed by atoms with Crippen LogP contribution in [0.3, 0.4) is 0 Å². The molecule has 0 bridgehead atoms.